The number of imidazole rings is 1. The second-order valence-corrected chi connectivity index (χ2v) is 4.21. The van der Waals surface area contributed by atoms with Gasteiger partial charge in [-0.15, -0.1) is 0 Å². The largest absolute Gasteiger partial charge is 0.282 e. The number of hydrogen-bond acceptors (Lipinski definition) is 3. The quantitative estimate of drug-likeness (QED) is 0.685. The van der Waals surface area contributed by atoms with Crippen molar-refractivity contribution in [3.05, 3.63) is 47.5 Å². The summed E-state index contributed by atoms with van der Waals surface area (Å²) in [5.41, 5.74) is 2.43. The van der Waals surface area contributed by atoms with Crippen LogP contribution in [-0.2, 0) is 0 Å². The molecule has 0 saturated heterocycles. The van der Waals surface area contributed by atoms with Crippen molar-refractivity contribution in [3.63, 3.8) is 0 Å². The highest BCUT2D eigenvalue weighted by Gasteiger charge is 2.05. The normalized spacial score (nSPS) is 10.8. The summed E-state index contributed by atoms with van der Waals surface area (Å²) >= 11 is 3.44. The van der Waals surface area contributed by atoms with Crippen LogP contribution in [0.2, 0.25) is 0 Å². The molecule has 4 nitrogen and oxygen atoms in total. The third-order valence-electron chi connectivity index (χ3n) is 2.27. The summed E-state index contributed by atoms with van der Waals surface area (Å²) in [7, 11) is 0. The second-order valence-electron chi connectivity index (χ2n) is 3.30. The Morgan fingerprint density at radius 2 is 1.94 bits per heavy atom. The van der Waals surface area contributed by atoms with Crippen molar-refractivity contribution in [2.24, 2.45) is 0 Å². The SMILES string of the molecule is Brc1cccc(-n2cnc3nccnc32)c1. The first-order chi connectivity index (χ1) is 7.84. The van der Waals surface area contributed by atoms with Crippen LogP contribution in [-0.4, -0.2) is 19.5 Å². The predicted octanol–water partition coefficient (Wildman–Crippen LogP) is 2.58. The van der Waals surface area contributed by atoms with E-state index in [9.17, 15) is 0 Å². The molecule has 3 rings (SSSR count). The van der Waals surface area contributed by atoms with E-state index in [1.54, 1.807) is 18.7 Å². The van der Waals surface area contributed by atoms with Crippen LogP contribution in [0, 0.1) is 0 Å². The molecule has 0 spiro atoms. The van der Waals surface area contributed by atoms with Gasteiger partial charge < -0.3 is 0 Å². The zero-order valence-electron chi connectivity index (χ0n) is 8.21. The molecule has 16 heavy (non-hydrogen) atoms. The highest BCUT2D eigenvalue weighted by atomic mass is 79.9. The van der Waals surface area contributed by atoms with Gasteiger partial charge in [-0.3, -0.25) is 4.57 Å². The Labute approximate surface area is 100 Å². The Bertz CT molecular complexity index is 647. The van der Waals surface area contributed by atoms with Gasteiger partial charge in [0.15, 0.2) is 11.3 Å². The number of fused-ring (bicyclic) bond motifs is 1. The monoisotopic (exact) mass is 274 g/mol. The number of halogens is 1. The number of hydrogen-bond donors (Lipinski definition) is 0. The van der Waals surface area contributed by atoms with Gasteiger partial charge in [0.1, 0.15) is 6.33 Å². The lowest BCUT2D eigenvalue weighted by Crippen LogP contribution is -1.93. The van der Waals surface area contributed by atoms with Gasteiger partial charge in [-0.2, -0.15) is 0 Å². The van der Waals surface area contributed by atoms with E-state index in [4.69, 9.17) is 0 Å². The lowest BCUT2D eigenvalue weighted by atomic mass is 10.3. The Morgan fingerprint density at radius 3 is 2.81 bits per heavy atom. The molecule has 78 valence electrons. The molecule has 0 fully saturated rings. The van der Waals surface area contributed by atoms with Crippen LogP contribution in [0.15, 0.2) is 47.5 Å². The number of aromatic nitrogens is 4. The van der Waals surface area contributed by atoms with Crippen LogP contribution in [0.1, 0.15) is 0 Å². The van der Waals surface area contributed by atoms with E-state index in [2.05, 4.69) is 30.9 Å². The molecular weight excluding hydrogens is 268 g/mol. The zero-order chi connectivity index (χ0) is 11.0. The average molecular weight is 275 g/mol. The van der Waals surface area contributed by atoms with Crippen molar-refractivity contribution in [3.8, 4) is 5.69 Å². The fraction of sp³-hybridized carbons (Fsp3) is 0. The minimum Gasteiger partial charge on any atom is -0.282 e. The summed E-state index contributed by atoms with van der Waals surface area (Å²) in [5.74, 6) is 0. The fourth-order valence-corrected chi connectivity index (χ4v) is 1.95. The van der Waals surface area contributed by atoms with Crippen LogP contribution in [0.3, 0.4) is 0 Å². The average Bonchev–Trinajstić information content (AvgIpc) is 2.72. The maximum atomic E-state index is 4.27. The second kappa shape index (κ2) is 3.68. The number of benzene rings is 1. The molecule has 0 aliphatic heterocycles. The maximum Gasteiger partial charge on any atom is 0.197 e. The molecule has 0 aliphatic rings. The Hall–Kier alpha value is -1.75. The lowest BCUT2D eigenvalue weighted by Gasteiger charge is -2.02. The topological polar surface area (TPSA) is 43.6 Å². The first kappa shape index (κ1) is 9.47. The van der Waals surface area contributed by atoms with Gasteiger partial charge in [0.05, 0.1) is 0 Å². The predicted molar refractivity (Wildman–Crippen MR) is 64.4 cm³/mol. The van der Waals surface area contributed by atoms with E-state index in [1.165, 1.54) is 0 Å². The van der Waals surface area contributed by atoms with E-state index >= 15 is 0 Å². The lowest BCUT2D eigenvalue weighted by molar-refractivity contribution is 1.06. The standard InChI is InChI=1S/C11H7BrN4/c12-8-2-1-3-9(6-8)16-7-15-10-11(16)14-5-4-13-10/h1-7H. The molecule has 1 aromatic carbocycles. The summed E-state index contributed by atoms with van der Waals surface area (Å²) in [5, 5.41) is 0. The van der Waals surface area contributed by atoms with Gasteiger partial charge in [-0.25, -0.2) is 15.0 Å². The van der Waals surface area contributed by atoms with Gasteiger partial charge in [0.25, 0.3) is 0 Å². The zero-order valence-corrected chi connectivity index (χ0v) is 9.79. The third-order valence-corrected chi connectivity index (χ3v) is 2.76. The minimum absolute atomic E-state index is 0.655. The molecule has 0 radical (unpaired) electrons. The molecule has 0 amide bonds. The Balaban J connectivity index is 2.26. The summed E-state index contributed by atoms with van der Waals surface area (Å²) < 4.78 is 2.93. The van der Waals surface area contributed by atoms with Gasteiger partial charge in [0, 0.05) is 22.6 Å². The van der Waals surface area contributed by atoms with Crippen LogP contribution in [0.25, 0.3) is 17.0 Å². The van der Waals surface area contributed by atoms with Gasteiger partial charge in [-0.1, -0.05) is 22.0 Å². The smallest absolute Gasteiger partial charge is 0.197 e. The molecule has 2 aromatic heterocycles. The third kappa shape index (κ3) is 1.49. The van der Waals surface area contributed by atoms with Crippen molar-refractivity contribution in [1.82, 2.24) is 19.5 Å². The van der Waals surface area contributed by atoms with Crippen molar-refractivity contribution in [2.45, 2.75) is 0 Å². The van der Waals surface area contributed by atoms with E-state index in [0.717, 1.165) is 15.8 Å². The highest BCUT2D eigenvalue weighted by Crippen LogP contribution is 2.18. The van der Waals surface area contributed by atoms with Crippen molar-refractivity contribution in [1.29, 1.82) is 0 Å². The minimum atomic E-state index is 0.655. The first-order valence-corrected chi connectivity index (χ1v) is 5.54. The van der Waals surface area contributed by atoms with E-state index in [1.807, 2.05) is 28.8 Å². The molecule has 3 aromatic rings. The molecule has 0 bridgehead atoms. The van der Waals surface area contributed by atoms with E-state index in [-0.39, 0.29) is 0 Å². The molecule has 0 N–H and O–H groups in total. The summed E-state index contributed by atoms with van der Waals surface area (Å²) in [6.45, 7) is 0. The Morgan fingerprint density at radius 1 is 1.06 bits per heavy atom. The van der Waals surface area contributed by atoms with Crippen LogP contribution in [0.5, 0.6) is 0 Å². The van der Waals surface area contributed by atoms with E-state index in [0.29, 0.717) is 5.65 Å². The summed E-state index contributed by atoms with van der Waals surface area (Å²) in [6.07, 6.45) is 5.03. The molecule has 0 unspecified atom stereocenters. The molecule has 0 atom stereocenters. The van der Waals surface area contributed by atoms with Gasteiger partial charge in [0.2, 0.25) is 0 Å². The first-order valence-electron chi connectivity index (χ1n) is 4.74. The molecular formula is C11H7BrN4. The van der Waals surface area contributed by atoms with Crippen LogP contribution in [0.4, 0.5) is 0 Å². The van der Waals surface area contributed by atoms with E-state index < -0.39 is 0 Å². The summed E-state index contributed by atoms with van der Waals surface area (Å²) in [6, 6.07) is 7.96. The van der Waals surface area contributed by atoms with Crippen LogP contribution < -0.4 is 0 Å². The molecule has 2 heterocycles. The summed E-state index contributed by atoms with van der Waals surface area (Å²) in [4.78, 5) is 12.6. The molecule has 0 saturated carbocycles. The van der Waals surface area contributed by atoms with Crippen molar-refractivity contribution < 1.29 is 0 Å². The Kier molecular flexibility index (Phi) is 2.18. The maximum absolute atomic E-state index is 4.27. The number of nitrogens with zero attached hydrogens (tertiary/aromatic N) is 4. The fourth-order valence-electron chi connectivity index (χ4n) is 1.57. The number of rotatable bonds is 1. The molecule has 5 heteroatoms. The van der Waals surface area contributed by atoms with Crippen molar-refractivity contribution in [2.75, 3.05) is 0 Å². The molecule has 0 aliphatic carbocycles. The van der Waals surface area contributed by atoms with Gasteiger partial charge in [-0.05, 0) is 18.2 Å². The van der Waals surface area contributed by atoms with Gasteiger partial charge >= 0.3 is 0 Å². The van der Waals surface area contributed by atoms with Crippen LogP contribution >= 0.6 is 15.9 Å². The van der Waals surface area contributed by atoms with Crippen molar-refractivity contribution >= 4 is 27.2 Å². The highest BCUT2D eigenvalue weighted by molar-refractivity contribution is 9.10.